The Balaban J connectivity index is 2.14. The number of nitrogens with one attached hydrogen (secondary N) is 2. The molecule has 0 unspecified atom stereocenters. The minimum absolute atomic E-state index is 0.0689. The molecule has 0 aliphatic heterocycles. The molecule has 1 heterocycles. The normalized spacial score (nSPS) is 11.0. The van der Waals surface area contributed by atoms with E-state index in [2.05, 4.69) is 10.3 Å². The van der Waals surface area contributed by atoms with Gasteiger partial charge in [-0.2, -0.15) is 13.2 Å². The van der Waals surface area contributed by atoms with Gasteiger partial charge in [0.25, 0.3) is 5.69 Å². The summed E-state index contributed by atoms with van der Waals surface area (Å²) in [6.07, 6.45) is -3.81. The van der Waals surface area contributed by atoms with Crippen molar-refractivity contribution >= 4 is 34.8 Å². The molecule has 11 heteroatoms. The summed E-state index contributed by atoms with van der Waals surface area (Å²) in [7, 11) is 0. The summed E-state index contributed by atoms with van der Waals surface area (Å²) in [4.78, 5) is 25.2. The van der Waals surface area contributed by atoms with E-state index in [1.54, 1.807) is 0 Å². The Hall–Kier alpha value is -2.88. The predicted molar refractivity (Wildman–Crippen MR) is 80.0 cm³/mol. The number of aromatic nitrogens is 1. The van der Waals surface area contributed by atoms with E-state index in [1.165, 1.54) is 6.07 Å². The second-order valence-corrected chi connectivity index (χ2v) is 4.86. The number of carbonyl (C=O) groups excluding carboxylic acids is 1. The number of nitro groups is 1. The van der Waals surface area contributed by atoms with Gasteiger partial charge >= 0.3 is 12.2 Å². The van der Waals surface area contributed by atoms with E-state index in [4.69, 9.17) is 11.6 Å². The molecule has 0 aliphatic carbocycles. The second-order valence-electron chi connectivity index (χ2n) is 4.43. The van der Waals surface area contributed by atoms with Gasteiger partial charge in [-0.1, -0.05) is 11.6 Å². The third kappa shape index (κ3) is 4.32. The minimum Gasteiger partial charge on any atom is -0.307 e. The van der Waals surface area contributed by atoms with Crippen LogP contribution in [0.3, 0.4) is 0 Å². The van der Waals surface area contributed by atoms with E-state index in [1.807, 2.05) is 5.32 Å². The van der Waals surface area contributed by atoms with Crippen LogP contribution < -0.4 is 10.6 Å². The van der Waals surface area contributed by atoms with Crippen LogP contribution in [0.4, 0.5) is 35.2 Å². The summed E-state index contributed by atoms with van der Waals surface area (Å²) in [5.41, 5.74) is -1.90. The lowest BCUT2D eigenvalue weighted by atomic mass is 10.1. The van der Waals surface area contributed by atoms with Gasteiger partial charge in [-0.05, 0) is 24.3 Å². The number of amides is 2. The standard InChI is InChI=1S/C13H8ClF3N4O3/c14-7-1-3-10(9(5-7)13(15,16)17)19-12(22)20-11-4-2-8(6-18-11)21(23)24/h1-6H,(H2,18,19,20,22). The Morgan fingerprint density at radius 3 is 2.46 bits per heavy atom. The molecule has 0 radical (unpaired) electrons. The molecule has 2 aromatic rings. The fraction of sp³-hybridized carbons (Fsp3) is 0.0769. The zero-order chi connectivity index (χ0) is 17.9. The van der Waals surface area contributed by atoms with Crippen molar-refractivity contribution in [3.8, 4) is 0 Å². The van der Waals surface area contributed by atoms with Crippen LogP contribution in [-0.2, 0) is 6.18 Å². The first-order valence-electron chi connectivity index (χ1n) is 6.22. The SMILES string of the molecule is O=C(Nc1ccc([N+](=O)[O-])cn1)Nc1ccc(Cl)cc1C(F)(F)F. The number of rotatable bonds is 3. The van der Waals surface area contributed by atoms with E-state index in [0.29, 0.717) is 6.07 Å². The van der Waals surface area contributed by atoms with Crippen LogP contribution in [-0.4, -0.2) is 15.9 Å². The van der Waals surface area contributed by atoms with Crippen LogP contribution in [0.5, 0.6) is 0 Å². The zero-order valence-corrected chi connectivity index (χ0v) is 12.4. The van der Waals surface area contributed by atoms with Crippen LogP contribution >= 0.6 is 11.6 Å². The van der Waals surface area contributed by atoms with Crippen molar-refractivity contribution in [2.45, 2.75) is 6.18 Å². The molecule has 24 heavy (non-hydrogen) atoms. The Bertz CT molecular complexity index is 781. The molecule has 0 bridgehead atoms. The number of anilines is 2. The van der Waals surface area contributed by atoms with Crippen molar-refractivity contribution in [1.82, 2.24) is 4.98 Å². The van der Waals surface area contributed by atoms with Gasteiger partial charge in [0.05, 0.1) is 16.2 Å². The van der Waals surface area contributed by atoms with E-state index in [9.17, 15) is 28.1 Å². The van der Waals surface area contributed by atoms with Gasteiger partial charge in [0.1, 0.15) is 12.0 Å². The largest absolute Gasteiger partial charge is 0.418 e. The molecule has 1 aromatic carbocycles. The highest BCUT2D eigenvalue weighted by molar-refractivity contribution is 6.30. The molecule has 0 spiro atoms. The Labute approximate surface area is 137 Å². The molecule has 0 atom stereocenters. The van der Waals surface area contributed by atoms with Crippen LogP contribution in [0.1, 0.15) is 5.56 Å². The highest BCUT2D eigenvalue weighted by atomic mass is 35.5. The van der Waals surface area contributed by atoms with Crippen LogP contribution in [0.2, 0.25) is 5.02 Å². The van der Waals surface area contributed by atoms with E-state index in [-0.39, 0.29) is 16.5 Å². The molecule has 2 rings (SSSR count). The number of pyridine rings is 1. The highest BCUT2D eigenvalue weighted by Gasteiger charge is 2.34. The topological polar surface area (TPSA) is 97.2 Å². The van der Waals surface area contributed by atoms with Crippen molar-refractivity contribution in [2.24, 2.45) is 0 Å². The number of halogens is 4. The van der Waals surface area contributed by atoms with Crippen LogP contribution in [0, 0.1) is 10.1 Å². The van der Waals surface area contributed by atoms with Crippen molar-refractivity contribution in [2.75, 3.05) is 10.6 Å². The molecule has 1 aromatic heterocycles. The minimum atomic E-state index is -4.71. The molecular formula is C13H8ClF3N4O3. The Morgan fingerprint density at radius 1 is 1.21 bits per heavy atom. The Morgan fingerprint density at radius 2 is 1.92 bits per heavy atom. The number of alkyl halides is 3. The third-order valence-electron chi connectivity index (χ3n) is 2.74. The monoisotopic (exact) mass is 360 g/mol. The number of carbonyl (C=O) groups is 1. The van der Waals surface area contributed by atoms with Gasteiger partial charge in [-0.3, -0.25) is 15.4 Å². The molecule has 0 saturated carbocycles. The zero-order valence-electron chi connectivity index (χ0n) is 11.6. The molecule has 126 valence electrons. The van der Waals surface area contributed by atoms with Crippen molar-refractivity contribution in [3.05, 3.63) is 57.2 Å². The first kappa shape index (κ1) is 17.5. The summed E-state index contributed by atoms with van der Waals surface area (Å²) in [6, 6.07) is 4.12. The molecule has 0 saturated heterocycles. The first-order chi connectivity index (χ1) is 11.2. The first-order valence-corrected chi connectivity index (χ1v) is 6.60. The quantitative estimate of drug-likeness (QED) is 0.629. The predicted octanol–water partition coefficient (Wildman–Crippen LogP) is 4.31. The van der Waals surface area contributed by atoms with Gasteiger partial charge in [0.2, 0.25) is 0 Å². The van der Waals surface area contributed by atoms with Gasteiger partial charge in [-0.25, -0.2) is 9.78 Å². The maximum Gasteiger partial charge on any atom is 0.418 e. The smallest absolute Gasteiger partial charge is 0.307 e. The fourth-order valence-corrected chi connectivity index (χ4v) is 1.87. The number of urea groups is 1. The summed E-state index contributed by atoms with van der Waals surface area (Å²) >= 11 is 5.54. The molecule has 2 N–H and O–H groups in total. The lowest BCUT2D eigenvalue weighted by Crippen LogP contribution is -2.22. The van der Waals surface area contributed by atoms with Crippen LogP contribution in [0.25, 0.3) is 0 Å². The summed E-state index contributed by atoms with van der Waals surface area (Å²) in [6.45, 7) is 0. The van der Waals surface area contributed by atoms with E-state index < -0.39 is 28.4 Å². The van der Waals surface area contributed by atoms with Gasteiger partial charge < -0.3 is 5.32 Å². The fourth-order valence-electron chi connectivity index (χ4n) is 1.70. The number of hydrogen-bond acceptors (Lipinski definition) is 4. The average Bonchev–Trinajstić information content (AvgIpc) is 2.48. The molecule has 0 fully saturated rings. The molecule has 2 amide bonds. The highest BCUT2D eigenvalue weighted by Crippen LogP contribution is 2.36. The maximum atomic E-state index is 12.9. The van der Waals surface area contributed by atoms with Crippen molar-refractivity contribution in [1.29, 1.82) is 0 Å². The lowest BCUT2D eigenvalue weighted by molar-refractivity contribution is -0.385. The number of benzene rings is 1. The number of nitrogens with zero attached hydrogens (tertiary/aromatic N) is 2. The van der Waals surface area contributed by atoms with Gasteiger partial charge in [-0.15, -0.1) is 0 Å². The van der Waals surface area contributed by atoms with E-state index >= 15 is 0 Å². The second kappa shape index (κ2) is 6.71. The van der Waals surface area contributed by atoms with Crippen molar-refractivity contribution in [3.63, 3.8) is 0 Å². The third-order valence-corrected chi connectivity index (χ3v) is 2.97. The summed E-state index contributed by atoms with van der Waals surface area (Å²) < 4.78 is 38.8. The summed E-state index contributed by atoms with van der Waals surface area (Å²) in [5.74, 6) is -0.0689. The molecular weight excluding hydrogens is 353 g/mol. The van der Waals surface area contributed by atoms with Crippen molar-refractivity contribution < 1.29 is 22.9 Å². The Kier molecular flexibility index (Phi) is 4.88. The van der Waals surface area contributed by atoms with Crippen LogP contribution in [0.15, 0.2) is 36.5 Å². The lowest BCUT2D eigenvalue weighted by Gasteiger charge is -2.14. The molecule has 0 aliphatic rings. The maximum absolute atomic E-state index is 12.9. The van der Waals surface area contributed by atoms with Gasteiger partial charge in [0.15, 0.2) is 0 Å². The number of hydrogen-bond donors (Lipinski definition) is 2. The average molecular weight is 361 g/mol. The summed E-state index contributed by atoms with van der Waals surface area (Å²) in [5, 5.41) is 14.5. The van der Waals surface area contributed by atoms with Gasteiger partial charge in [0, 0.05) is 11.1 Å². The molecule has 7 nitrogen and oxygen atoms in total. The van der Waals surface area contributed by atoms with E-state index in [0.717, 1.165) is 24.4 Å².